The van der Waals surface area contributed by atoms with Gasteiger partial charge < -0.3 is 5.32 Å². The molecule has 3 aromatic rings. The number of nitro groups is 1. The lowest BCUT2D eigenvalue weighted by atomic mass is 10.1. The van der Waals surface area contributed by atoms with Gasteiger partial charge >= 0.3 is 0 Å². The van der Waals surface area contributed by atoms with Crippen molar-refractivity contribution >= 4 is 39.7 Å². The second-order valence-electron chi connectivity index (χ2n) is 5.67. The van der Waals surface area contributed by atoms with Crippen LogP contribution >= 0.6 is 23.1 Å². The number of non-ortho nitro benzene ring substituents is 1. The molecule has 0 radical (unpaired) electrons. The van der Waals surface area contributed by atoms with Crippen molar-refractivity contribution in [3.63, 3.8) is 0 Å². The van der Waals surface area contributed by atoms with Gasteiger partial charge in [-0.05, 0) is 18.1 Å². The highest BCUT2D eigenvalue weighted by molar-refractivity contribution is 8.00. The van der Waals surface area contributed by atoms with Crippen molar-refractivity contribution < 1.29 is 9.72 Å². The molecule has 0 aliphatic heterocycles. The van der Waals surface area contributed by atoms with Crippen molar-refractivity contribution in [2.24, 2.45) is 0 Å². The molecule has 2 aromatic carbocycles. The predicted octanol–water partition coefficient (Wildman–Crippen LogP) is 4.34. The van der Waals surface area contributed by atoms with Crippen LogP contribution in [0.25, 0.3) is 0 Å². The van der Waals surface area contributed by atoms with Gasteiger partial charge in [-0.25, -0.2) is 0 Å². The first kappa shape index (κ1) is 19.0. The van der Waals surface area contributed by atoms with Crippen molar-refractivity contribution in [2.75, 3.05) is 11.9 Å². The lowest BCUT2D eigenvalue weighted by Gasteiger charge is -2.03. The number of nitrogens with one attached hydrogen (secondary N) is 1. The summed E-state index contributed by atoms with van der Waals surface area (Å²) in [6.45, 7) is 2.07. The first-order valence-corrected chi connectivity index (χ1v) is 9.85. The van der Waals surface area contributed by atoms with Crippen LogP contribution < -0.4 is 5.32 Å². The normalized spacial score (nSPS) is 10.6. The number of nitro benzene ring substituents is 1. The summed E-state index contributed by atoms with van der Waals surface area (Å²) in [5, 5.41) is 22.4. The standard InChI is InChI=1S/C18H16N4O3S2/c1-12-5-2-3-6-14(12)11-26-18-21-20-17(27-18)19-10-16(23)13-7-4-8-15(9-13)22(24)25/h2-9H,10-11H2,1H3,(H,19,20). The summed E-state index contributed by atoms with van der Waals surface area (Å²) in [6, 6.07) is 13.9. The number of hydrogen-bond donors (Lipinski definition) is 1. The molecule has 0 spiro atoms. The molecular formula is C18H16N4O3S2. The number of aryl methyl sites for hydroxylation is 1. The van der Waals surface area contributed by atoms with Gasteiger partial charge in [-0.1, -0.05) is 59.5 Å². The maximum absolute atomic E-state index is 12.2. The molecule has 7 nitrogen and oxygen atoms in total. The van der Waals surface area contributed by atoms with Gasteiger partial charge in [-0.15, -0.1) is 10.2 Å². The van der Waals surface area contributed by atoms with Gasteiger partial charge in [0.2, 0.25) is 5.13 Å². The lowest BCUT2D eigenvalue weighted by molar-refractivity contribution is -0.384. The molecule has 0 amide bonds. The zero-order valence-corrected chi connectivity index (χ0v) is 16.0. The predicted molar refractivity (Wildman–Crippen MR) is 107 cm³/mol. The average molecular weight is 400 g/mol. The number of aromatic nitrogens is 2. The number of ketones is 1. The summed E-state index contributed by atoms with van der Waals surface area (Å²) in [7, 11) is 0. The highest BCUT2D eigenvalue weighted by atomic mass is 32.2. The van der Waals surface area contributed by atoms with E-state index in [-0.39, 0.29) is 23.6 Å². The Morgan fingerprint density at radius 3 is 2.81 bits per heavy atom. The second-order valence-corrected chi connectivity index (χ2v) is 7.87. The van der Waals surface area contributed by atoms with Gasteiger partial charge in [0.05, 0.1) is 11.5 Å². The Labute approximate surface area is 164 Å². The molecule has 1 aromatic heterocycles. The van der Waals surface area contributed by atoms with E-state index in [0.29, 0.717) is 5.13 Å². The molecule has 0 aliphatic rings. The van der Waals surface area contributed by atoms with Crippen LogP contribution in [-0.2, 0) is 5.75 Å². The summed E-state index contributed by atoms with van der Waals surface area (Å²) in [5.74, 6) is 0.552. The average Bonchev–Trinajstić information content (AvgIpc) is 3.13. The van der Waals surface area contributed by atoms with Crippen molar-refractivity contribution in [3.05, 3.63) is 75.3 Å². The Morgan fingerprint density at radius 1 is 1.22 bits per heavy atom. The first-order chi connectivity index (χ1) is 13.0. The van der Waals surface area contributed by atoms with Crippen molar-refractivity contribution in [2.45, 2.75) is 17.0 Å². The minimum absolute atomic E-state index is 0.00173. The van der Waals surface area contributed by atoms with E-state index in [1.807, 2.05) is 12.1 Å². The fourth-order valence-corrected chi connectivity index (χ4v) is 4.13. The van der Waals surface area contributed by atoms with Gasteiger partial charge in [-0.3, -0.25) is 14.9 Å². The van der Waals surface area contributed by atoms with Crippen molar-refractivity contribution in [1.82, 2.24) is 10.2 Å². The molecule has 1 heterocycles. The molecule has 0 atom stereocenters. The van der Waals surface area contributed by atoms with E-state index in [2.05, 4.69) is 34.6 Å². The van der Waals surface area contributed by atoms with E-state index in [9.17, 15) is 14.9 Å². The molecule has 138 valence electrons. The van der Waals surface area contributed by atoms with Gasteiger partial charge in [0.25, 0.3) is 5.69 Å². The maximum Gasteiger partial charge on any atom is 0.270 e. The fourth-order valence-electron chi connectivity index (χ4n) is 2.30. The molecule has 0 unspecified atom stereocenters. The maximum atomic E-state index is 12.2. The Hall–Kier alpha value is -2.78. The molecular weight excluding hydrogens is 384 g/mol. The monoisotopic (exact) mass is 400 g/mol. The zero-order valence-electron chi connectivity index (χ0n) is 14.4. The largest absolute Gasteiger partial charge is 0.353 e. The number of benzene rings is 2. The fraction of sp³-hybridized carbons (Fsp3) is 0.167. The number of anilines is 1. The molecule has 27 heavy (non-hydrogen) atoms. The molecule has 0 fully saturated rings. The number of carbonyl (C=O) groups excluding carboxylic acids is 1. The molecule has 3 rings (SSSR count). The Kier molecular flexibility index (Phi) is 6.15. The number of nitrogens with zero attached hydrogens (tertiary/aromatic N) is 3. The van der Waals surface area contributed by atoms with E-state index in [1.54, 1.807) is 17.8 Å². The van der Waals surface area contributed by atoms with E-state index in [4.69, 9.17) is 0 Å². The van der Waals surface area contributed by atoms with Crippen LogP contribution in [0, 0.1) is 17.0 Å². The van der Waals surface area contributed by atoms with Crippen LogP contribution in [0.2, 0.25) is 0 Å². The van der Waals surface area contributed by atoms with Gasteiger partial charge in [0, 0.05) is 23.4 Å². The molecule has 9 heteroatoms. The molecule has 0 bridgehead atoms. The van der Waals surface area contributed by atoms with Crippen LogP contribution in [0.1, 0.15) is 21.5 Å². The lowest BCUT2D eigenvalue weighted by Crippen LogP contribution is -2.14. The Bertz CT molecular complexity index is 975. The molecule has 0 saturated heterocycles. The summed E-state index contributed by atoms with van der Waals surface area (Å²) in [6.07, 6.45) is 0. The van der Waals surface area contributed by atoms with E-state index >= 15 is 0 Å². The number of Topliss-reactive ketones (excluding diaryl/α,β-unsaturated/α-hetero) is 1. The minimum Gasteiger partial charge on any atom is -0.353 e. The number of thioether (sulfide) groups is 1. The van der Waals surface area contributed by atoms with Crippen molar-refractivity contribution in [3.8, 4) is 0 Å². The quantitative estimate of drug-likeness (QED) is 0.260. The van der Waals surface area contributed by atoms with E-state index in [0.717, 1.165) is 10.1 Å². The summed E-state index contributed by atoms with van der Waals surface area (Å²) in [5.41, 5.74) is 2.66. The number of rotatable bonds is 8. The van der Waals surface area contributed by atoms with E-state index in [1.165, 1.54) is 40.7 Å². The molecule has 0 saturated carbocycles. The van der Waals surface area contributed by atoms with Crippen LogP contribution in [0.15, 0.2) is 52.9 Å². The SMILES string of the molecule is Cc1ccccc1CSc1nnc(NCC(=O)c2cccc([N+](=O)[O-])c2)s1. The van der Waals surface area contributed by atoms with E-state index < -0.39 is 4.92 Å². The third-order valence-corrected chi connectivity index (χ3v) is 5.86. The summed E-state index contributed by atoms with van der Waals surface area (Å²) in [4.78, 5) is 22.5. The Balaban J connectivity index is 1.55. The van der Waals surface area contributed by atoms with Gasteiger partial charge in [-0.2, -0.15) is 0 Å². The molecule has 0 aliphatic carbocycles. The zero-order chi connectivity index (χ0) is 19.2. The number of hydrogen-bond acceptors (Lipinski definition) is 8. The first-order valence-electron chi connectivity index (χ1n) is 8.05. The second kappa shape index (κ2) is 8.74. The smallest absolute Gasteiger partial charge is 0.270 e. The van der Waals surface area contributed by atoms with Crippen LogP contribution in [0.3, 0.4) is 0 Å². The Morgan fingerprint density at radius 2 is 2.04 bits per heavy atom. The molecule has 1 N–H and O–H groups in total. The highest BCUT2D eigenvalue weighted by Crippen LogP contribution is 2.29. The number of carbonyl (C=O) groups is 1. The summed E-state index contributed by atoms with van der Waals surface area (Å²) >= 11 is 2.96. The third-order valence-electron chi connectivity index (χ3n) is 3.80. The topological polar surface area (TPSA) is 98.0 Å². The highest BCUT2D eigenvalue weighted by Gasteiger charge is 2.13. The summed E-state index contributed by atoms with van der Waals surface area (Å²) < 4.78 is 0.809. The van der Waals surface area contributed by atoms with Crippen molar-refractivity contribution in [1.29, 1.82) is 0 Å². The van der Waals surface area contributed by atoms with Gasteiger partial charge in [0.1, 0.15) is 0 Å². The van der Waals surface area contributed by atoms with Crippen LogP contribution in [-0.4, -0.2) is 27.4 Å². The third kappa shape index (κ3) is 5.11. The van der Waals surface area contributed by atoms with Gasteiger partial charge in [0.15, 0.2) is 10.1 Å². The van der Waals surface area contributed by atoms with Crippen LogP contribution in [0.4, 0.5) is 10.8 Å². The van der Waals surface area contributed by atoms with Crippen LogP contribution in [0.5, 0.6) is 0 Å². The minimum atomic E-state index is -0.521.